The molecule has 0 heterocycles. The molecule has 0 aliphatic heterocycles. The maximum atomic E-state index is 10.8. The molecule has 0 aliphatic carbocycles. The Morgan fingerprint density at radius 3 is 2.53 bits per heavy atom. The van der Waals surface area contributed by atoms with Gasteiger partial charge in [0.25, 0.3) is 0 Å². The van der Waals surface area contributed by atoms with Crippen LogP contribution in [0.5, 0.6) is 0 Å². The second kappa shape index (κ2) is 4.42. The fourth-order valence-corrected chi connectivity index (χ4v) is 1.48. The van der Waals surface area contributed by atoms with Gasteiger partial charge in [0.15, 0.2) is 0 Å². The summed E-state index contributed by atoms with van der Waals surface area (Å²) >= 11 is 0. The molecule has 0 saturated heterocycles. The lowest BCUT2D eigenvalue weighted by Crippen LogP contribution is -2.14. The second-order valence-electron chi connectivity index (χ2n) is 3.56. The Morgan fingerprint density at radius 2 is 2.07 bits per heavy atom. The van der Waals surface area contributed by atoms with E-state index in [0.29, 0.717) is 5.56 Å². The highest BCUT2D eigenvalue weighted by atomic mass is 16.4. The molecule has 1 rings (SSSR count). The summed E-state index contributed by atoms with van der Waals surface area (Å²) in [6.07, 6.45) is -0.803. The zero-order valence-corrected chi connectivity index (χ0v) is 8.82. The maximum absolute atomic E-state index is 10.8. The molecule has 0 fully saturated rings. The standard InChI is InChI=1S/C11H15NO3/c1-6-3-8(11(14)15)4-9(7(6)2)10(13)5-12/h3-4,10,13H,5,12H2,1-2H3,(H,14,15). The van der Waals surface area contributed by atoms with Gasteiger partial charge in [0, 0.05) is 6.54 Å². The van der Waals surface area contributed by atoms with Gasteiger partial charge in [-0.15, -0.1) is 0 Å². The van der Waals surface area contributed by atoms with Crippen molar-refractivity contribution in [3.05, 3.63) is 34.4 Å². The van der Waals surface area contributed by atoms with Gasteiger partial charge >= 0.3 is 5.97 Å². The first-order valence-corrected chi connectivity index (χ1v) is 4.70. The monoisotopic (exact) mass is 209 g/mol. The van der Waals surface area contributed by atoms with E-state index in [1.54, 1.807) is 6.07 Å². The van der Waals surface area contributed by atoms with Crippen molar-refractivity contribution in [3.8, 4) is 0 Å². The molecule has 1 unspecified atom stereocenters. The first-order valence-electron chi connectivity index (χ1n) is 4.70. The Hall–Kier alpha value is -1.39. The van der Waals surface area contributed by atoms with Crippen LogP contribution in [0.4, 0.5) is 0 Å². The van der Waals surface area contributed by atoms with Crippen LogP contribution < -0.4 is 5.73 Å². The number of carbonyl (C=O) groups is 1. The smallest absolute Gasteiger partial charge is 0.335 e. The van der Waals surface area contributed by atoms with E-state index in [-0.39, 0.29) is 12.1 Å². The molecule has 0 bridgehead atoms. The largest absolute Gasteiger partial charge is 0.478 e. The summed E-state index contributed by atoms with van der Waals surface area (Å²) in [4.78, 5) is 10.8. The summed E-state index contributed by atoms with van der Waals surface area (Å²) in [6.45, 7) is 3.74. The minimum absolute atomic E-state index is 0.0867. The minimum atomic E-state index is -0.997. The van der Waals surface area contributed by atoms with Gasteiger partial charge in [0.1, 0.15) is 0 Å². The fourth-order valence-electron chi connectivity index (χ4n) is 1.48. The zero-order valence-electron chi connectivity index (χ0n) is 8.82. The highest BCUT2D eigenvalue weighted by molar-refractivity contribution is 5.88. The zero-order chi connectivity index (χ0) is 11.6. The first-order chi connectivity index (χ1) is 6.97. The number of hydrogen-bond acceptors (Lipinski definition) is 3. The fraction of sp³-hybridized carbons (Fsp3) is 0.364. The minimum Gasteiger partial charge on any atom is -0.478 e. The highest BCUT2D eigenvalue weighted by Crippen LogP contribution is 2.22. The van der Waals surface area contributed by atoms with Gasteiger partial charge in [-0.2, -0.15) is 0 Å². The van der Waals surface area contributed by atoms with Crippen molar-refractivity contribution < 1.29 is 15.0 Å². The van der Waals surface area contributed by atoms with Crippen LogP contribution in [0, 0.1) is 13.8 Å². The number of benzene rings is 1. The van der Waals surface area contributed by atoms with Crippen molar-refractivity contribution in [2.24, 2.45) is 5.73 Å². The molecule has 1 atom stereocenters. The van der Waals surface area contributed by atoms with E-state index in [2.05, 4.69) is 0 Å². The van der Waals surface area contributed by atoms with Gasteiger partial charge in [-0.25, -0.2) is 4.79 Å². The predicted octanol–water partition coefficient (Wildman–Crippen LogP) is 0.994. The molecule has 0 aromatic heterocycles. The summed E-state index contributed by atoms with van der Waals surface area (Å²) < 4.78 is 0. The highest BCUT2D eigenvalue weighted by Gasteiger charge is 2.14. The lowest BCUT2D eigenvalue weighted by Gasteiger charge is -2.14. The molecule has 82 valence electrons. The van der Waals surface area contributed by atoms with E-state index in [4.69, 9.17) is 10.8 Å². The molecule has 0 aliphatic rings. The van der Waals surface area contributed by atoms with Crippen LogP contribution >= 0.6 is 0 Å². The molecule has 0 spiro atoms. The van der Waals surface area contributed by atoms with Crippen molar-refractivity contribution >= 4 is 5.97 Å². The van der Waals surface area contributed by atoms with Gasteiger partial charge in [-0.1, -0.05) is 0 Å². The van der Waals surface area contributed by atoms with Gasteiger partial charge in [-0.05, 0) is 42.7 Å². The number of carboxylic acids is 1. The summed E-state index contributed by atoms with van der Waals surface area (Å²) in [5, 5.41) is 18.5. The Bertz CT molecular complexity index is 388. The molecule has 0 saturated carbocycles. The SMILES string of the molecule is Cc1cc(C(=O)O)cc(C(O)CN)c1C. The number of rotatable bonds is 3. The second-order valence-corrected chi connectivity index (χ2v) is 3.56. The molecule has 4 nitrogen and oxygen atoms in total. The maximum Gasteiger partial charge on any atom is 0.335 e. The average Bonchev–Trinajstić information content (AvgIpc) is 2.20. The van der Waals surface area contributed by atoms with Crippen LogP contribution in [0.1, 0.15) is 33.2 Å². The van der Waals surface area contributed by atoms with Crippen LogP contribution in [0.2, 0.25) is 0 Å². The molecule has 0 amide bonds. The summed E-state index contributed by atoms with van der Waals surface area (Å²) in [7, 11) is 0. The molecule has 15 heavy (non-hydrogen) atoms. The average molecular weight is 209 g/mol. The van der Waals surface area contributed by atoms with E-state index in [1.807, 2.05) is 13.8 Å². The number of aliphatic hydroxyl groups is 1. The Labute approximate surface area is 88.3 Å². The number of nitrogens with two attached hydrogens (primary N) is 1. The van der Waals surface area contributed by atoms with Gasteiger partial charge in [0.05, 0.1) is 11.7 Å². The van der Waals surface area contributed by atoms with Gasteiger partial charge in [0.2, 0.25) is 0 Å². The molecule has 1 aromatic rings. The van der Waals surface area contributed by atoms with Crippen LogP contribution in [0.25, 0.3) is 0 Å². The lowest BCUT2D eigenvalue weighted by molar-refractivity contribution is 0.0696. The van der Waals surface area contributed by atoms with Gasteiger partial charge in [-0.3, -0.25) is 0 Å². The lowest BCUT2D eigenvalue weighted by atomic mass is 9.96. The molecular formula is C11H15NO3. The van der Waals surface area contributed by atoms with Crippen LogP contribution in [0.15, 0.2) is 12.1 Å². The normalized spacial score (nSPS) is 12.5. The summed E-state index contributed by atoms with van der Waals surface area (Å²) in [6, 6.07) is 3.06. The number of aromatic carboxylic acids is 1. The van der Waals surface area contributed by atoms with Crippen LogP contribution in [-0.4, -0.2) is 22.7 Å². The third kappa shape index (κ3) is 2.34. The van der Waals surface area contributed by atoms with Crippen LogP contribution in [0.3, 0.4) is 0 Å². The topological polar surface area (TPSA) is 83.5 Å². The van der Waals surface area contributed by atoms with E-state index < -0.39 is 12.1 Å². The van der Waals surface area contributed by atoms with E-state index in [0.717, 1.165) is 11.1 Å². The van der Waals surface area contributed by atoms with Crippen molar-refractivity contribution in [2.75, 3.05) is 6.54 Å². The van der Waals surface area contributed by atoms with Crippen molar-refractivity contribution in [3.63, 3.8) is 0 Å². The first kappa shape index (κ1) is 11.7. The molecule has 1 aromatic carbocycles. The van der Waals surface area contributed by atoms with E-state index in [9.17, 15) is 9.90 Å². The Kier molecular flexibility index (Phi) is 3.44. The van der Waals surface area contributed by atoms with Crippen molar-refractivity contribution in [1.29, 1.82) is 0 Å². The van der Waals surface area contributed by atoms with Crippen molar-refractivity contribution in [1.82, 2.24) is 0 Å². The van der Waals surface area contributed by atoms with E-state index in [1.165, 1.54) is 6.07 Å². The predicted molar refractivity (Wildman–Crippen MR) is 56.9 cm³/mol. The number of hydrogen-bond donors (Lipinski definition) is 3. The van der Waals surface area contributed by atoms with Crippen LogP contribution in [-0.2, 0) is 0 Å². The summed E-state index contributed by atoms with van der Waals surface area (Å²) in [5.41, 5.74) is 7.86. The molecule has 0 radical (unpaired) electrons. The Morgan fingerprint density at radius 1 is 1.47 bits per heavy atom. The molecule has 4 N–H and O–H groups in total. The number of carboxylic acid groups (broad SMARTS) is 1. The number of aryl methyl sites for hydroxylation is 1. The quantitative estimate of drug-likeness (QED) is 0.693. The molecule has 4 heteroatoms. The summed E-state index contributed by atoms with van der Waals surface area (Å²) in [5.74, 6) is -0.997. The van der Waals surface area contributed by atoms with E-state index >= 15 is 0 Å². The number of aliphatic hydroxyl groups excluding tert-OH is 1. The Balaban J connectivity index is 3.31. The third-order valence-electron chi connectivity index (χ3n) is 2.54. The van der Waals surface area contributed by atoms with Crippen molar-refractivity contribution in [2.45, 2.75) is 20.0 Å². The third-order valence-corrected chi connectivity index (χ3v) is 2.54. The molecular weight excluding hydrogens is 194 g/mol. The van der Waals surface area contributed by atoms with Gasteiger partial charge < -0.3 is 15.9 Å².